The first-order valence-electron chi connectivity index (χ1n) is 9.77. The van der Waals surface area contributed by atoms with Crippen molar-refractivity contribution in [3.63, 3.8) is 0 Å². The van der Waals surface area contributed by atoms with Gasteiger partial charge in [0, 0.05) is 50.1 Å². The fourth-order valence-electron chi connectivity index (χ4n) is 4.56. The third-order valence-corrected chi connectivity index (χ3v) is 7.85. The van der Waals surface area contributed by atoms with E-state index in [0.29, 0.717) is 25.4 Å². The maximum absolute atomic E-state index is 12.8. The van der Waals surface area contributed by atoms with Crippen LogP contribution in [0.5, 0.6) is 0 Å². The lowest BCUT2D eigenvalue weighted by Gasteiger charge is -2.39. The summed E-state index contributed by atoms with van der Waals surface area (Å²) in [5.74, 6) is 0.713. The van der Waals surface area contributed by atoms with E-state index in [1.807, 2.05) is 17.0 Å². The molecule has 2 fully saturated rings. The lowest BCUT2D eigenvalue weighted by molar-refractivity contribution is -0.131. The number of nitrogen functional groups attached to an aromatic ring is 1. The molecule has 4 rings (SSSR count). The lowest BCUT2D eigenvalue weighted by atomic mass is 10.00. The fourth-order valence-corrected chi connectivity index (χ4v) is 6.32. The second-order valence-electron chi connectivity index (χ2n) is 7.84. The van der Waals surface area contributed by atoms with E-state index in [2.05, 4.69) is 15.9 Å². The molecule has 0 aliphatic carbocycles. The second kappa shape index (κ2) is 9.73. The second-order valence-corrected chi connectivity index (χ2v) is 10.1. The zero-order chi connectivity index (χ0) is 19.0. The predicted molar refractivity (Wildman–Crippen MR) is 121 cm³/mol. The first-order valence-corrected chi connectivity index (χ1v) is 11.6. The van der Waals surface area contributed by atoms with E-state index in [4.69, 9.17) is 5.73 Å². The first kappa shape index (κ1) is 24.1. The number of benzene rings is 1. The van der Waals surface area contributed by atoms with Gasteiger partial charge in [0.05, 0.1) is 18.1 Å². The minimum atomic E-state index is -2.86. The Balaban J connectivity index is 0.00000150. The number of nitrogens with zero attached hydrogens (tertiary/aromatic N) is 3. The third-order valence-electron chi connectivity index (χ3n) is 6.10. The van der Waals surface area contributed by atoms with Crippen LogP contribution in [0.3, 0.4) is 0 Å². The summed E-state index contributed by atoms with van der Waals surface area (Å²) in [5, 5.41) is 0. The molecule has 29 heavy (non-hydrogen) atoms. The maximum Gasteiger partial charge on any atom is 0.242 e. The molecule has 2 saturated heterocycles. The van der Waals surface area contributed by atoms with Crippen LogP contribution in [0.15, 0.2) is 18.2 Å². The topological polar surface area (TPSA) is 86.9 Å². The van der Waals surface area contributed by atoms with Gasteiger partial charge >= 0.3 is 0 Å². The Morgan fingerprint density at radius 3 is 2.48 bits per heavy atom. The highest BCUT2D eigenvalue weighted by molar-refractivity contribution is 7.91. The summed E-state index contributed by atoms with van der Waals surface area (Å²) >= 11 is 0. The summed E-state index contributed by atoms with van der Waals surface area (Å²) in [6, 6.07) is 6.05. The van der Waals surface area contributed by atoms with E-state index in [1.165, 1.54) is 0 Å². The molecule has 1 amide bonds. The van der Waals surface area contributed by atoms with Crippen LogP contribution in [0, 0.1) is 0 Å². The Morgan fingerprint density at radius 1 is 1.10 bits per heavy atom. The van der Waals surface area contributed by atoms with E-state index in [-0.39, 0.29) is 42.5 Å². The number of anilines is 2. The number of amides is 1. The lowest BCUT2D eigenvalue weighted by Crippen LogP contribution is -2.54. The maximum atomic E-state index is 12.8. The zero-order valence-corrected chi connectivity index (χ0v) is 18.9. The average Bonchev–Trinajstić information content (AvgIpc) is 3.02. The number of hydrogen-bond donors (Lipinski definition) is 1. The van der Waals surface area contributed by atoms with E-state index < -0.39 is 9.84 Å². The molecule has 3 heterocycles. The Kier molecular flexibility index (Phi) is 8.07. The van der Waals surface area contributed by atoms with Gasteiger partial charge in [0.2, 0.25) is 5.91 Å². The molecule has 10 heteroatoms. The number of nitrogens with two attached hydrogens (primary N) is 1. The molecule has 0 spiro atoms. The number of carbonyl (C=O) groups is 1. The van der Waals surface area contributed by atoms with Crippen LogP contribution in [0.4, 0.5) is 11.4 Å². The highest BCUT2D eigenvalue weighted by Crippen LogP contribution is 2.31. The summed E-state index contributed by atoms with van der Waals surface area (Å²) in [5.41, 5.74) is 9.15. The number of fused-ring (bicyclic) bond motifs is 1. The number of halogens is 2. The number of rotatable bonds is 3. The minimum absolute atomic E-state index is 0. The van der Waals surface area contributed by atoms with Gasteiger partial charge < -0.3 is 15.5 Å². The van der Waals surface area contributed by atoms with Crippen molar-refractivity contribution >= 4 is 51.9 Å². The quantitative estimate of drug-likeness (QED) is 0.676. The average molecular weight is 465 g/mol. The van der Waals surface area contributed by atoms with Crippen LogP contribution in [-0.2, 0) is 21.1 Å². The zero-order valence-electron chi connectivity index (χ0n) is 16.5. The van der Waals surface area contributed by atoms with E-state index in [1.54, 1.807) is 0 Å². The van der Waals surface area contributed by atoms with Gasteiger partial charge in [-0.15, -0.1) is 24.8 Å². The standard InChI is InChI=1S/C19H28N4O3S.2ClH/c20-17-4-1-5-18-16(17)3-2-7-23(18)13-19(24)22-10-8-21(9-11-22)15-6-12-27(25,26)14-15;;/h1,4-5,15H,2-3,6-14,20H2;2*1H. The largest absolute Gasteiger partial charge is 0.398 e. The highest BCUT2D eigenvalue weighted by atomic mass is 35.5. The normalized spacial score (nSPS) is 23.7. The van der Waals surface area contributed by atoms with Gasteiger partial charge in [-0.05, 0) is 37.0 Å². The number of piperazine rings is 1. The van der Waals surface area contributed by atoms with Crippen molar-refractivity contribution in [2.45, 2.75) is 25.3 Å². The Labute approximate surface area is 185 Å². The van der Waals surface area contributed by atoms with Gasteiger partial charge in [0.25, 0.3) is 0 Å². The van der Waals surface area contributed by atoms with E-state index >= 15 is 0 Å². The number of carbonyl (C=O) groups excluding carboxylic acids is 1. The van der Waals surface area contributed by atoms with Crippen LogP contribution in [-0.4, -0.2) is 80.9 Å². The van der Waals surface area contributed by atoms with Crippen molar-refractivity contribution in [2.75, 3.05) is 61.4 Å². The summed E-state index contributed by atoms with van der Waals surface area (Å²) in [6.45, 7) is 4.13. The van der Waals surface area contributed by atoms with Crippen LogP contribution in [0.2, 0.25) is 0 Å². The molecule has 0 saturated carbocycles. The van der Waals surface area contributed by atoms with Crippen molar-refractivity contribution in [3.05, 3.63) is 23.8 Å². The molecule has 3 aliphatic rings. The molecule has 2 N–H and O–H groups in total. The predicted octanol–water partition coefficient (Wildman–Crippen LogP) is 1.20. The molecule has 0 bridgehead atoms. The Bertz CT molecular complexity index is 829. The fraction of sp³-hybridized carbons (Fsp3) is 0.632. The molecular formula is C19H30Cl2N4O3S. The molecule has 1 aromatic rings. The molecule has 3 aliphatic heterocycles. The first-order chi connectivity index (χ1) is 12.9. The van der Waals surface area contributed by atoms with Crippen molar-refractivity contribution in [2.24, 2.45) is 0 Å². The van der Waals surface area contributed by atoms with E-state index in [0.717, 1.165) is 55.8 Å². The molecular weight excluding hydrogens is 435 g/mol. The summed E-state index contributed by atoms with van der Waals surface area (Å²) < 4.78 is 23.4. The van der Waals surface area contributed by atoms with Crippen molar-refractivity contribution < 1.29 is 13.2 Å². The molecule has 1 aromatic carbocycles. The van der Waals surface area contributed by atoms with Gasteiger partial charge in [-0.1, -0.05) is 6.07 Å². The molecule has 7 nitrogen and oxygen atoms in total. The van der Waals surface area contributed by atoms with Crippen molar-refractivity contribution in [1.29, 1.82) is 0 Å². The third kappa shape index (κ3) is 5.29. The van der Waals surface area contributed by atoms with Gasteiger partial charge in [-0.3, -0.25) is 9.69 Å². The van der Waals surface area contributed by atoms with Gasteiger partial charge in [-0.25, -0.2) is 8.42 Å². The number of sulfone groups is 1. The summed E-state index contributed by atoms with van der Waals surface area (Å²) in [7, 11) is -2.86. The molecule has 164 valence electrons. The van der Waals surface area contributed by atoms with Crippen molar-refractivity contribution in [3.8, 4) is 0 Å². The number of hydrogen-bond acceptors (Lipinski definition) is 6. The molecule has 0 radical (unpaired) electrons. The van der Waals surface area contributed by atoms with Crippen LogP contribution < -0.4 is 10.6 Å². The molecule has 1 unspecified atom stereocenters. The molecule has 0 aromatic heterocycles. The Morgan fingerprint density at radius 2 is 1.83 bits per heavy atom. The smallest absolute Gasteiger partial charge is 0.242 e. The Hall–Kier alpha value is -1.22. The molecule has 1 atom stereocenters. The minimum Gasteiger partial charge on any atom is -0.398 e. The highest BCUT2D eigenvalue weighted by Gasteiger charge is 2.34. The van der Waals surface area contributed by atoms with Gasteiger partial charge in [-0.2, -0.15) is 0 Å². The van der Waals surface area contributed by atoms with Crippen LogP contribution >= 0.6 is 24.8 Å². The van der Waals surface area contributed by atoms with Crippen molar-refractivity contribution in [1.82, 2.24) is 9.80 Å². The van der Waals surface area contributed by atoms with Gasteiger partial charge in [0.1, 0.15) is 0 Å². The van der Waals surface area contributed by atoms with Crippen LogP contribution in [0.1, 0.15) is 18.4 Å². The van der Waals surface area contributed by atoms with Crippen LogP contribution in [0.25, 0.3) is 0 Å². The van der Waals surface area contributed by atoms with Gasteiger partial charge in [0.15, 0.2) is 9.84 Å². The summed E-state index contributed by atoms with van der Waals surface area (Å²) in [6.07, 6.45) is 2.70. The summed E-state index contributed by atoms with van der Waals surface area (Å²) in [4.78, 5) is 19.1. The SMILES string of the molecule is Cl.Cl.Nc1cccc2c1CCCN2CC(=O)N1CCN(C2CCS(=O)(=O)C2)CC1. The van der Waals surface area contributed by atoms with E-state index in [9.17, 15) is 13.2 Å². The monoisotopic (exact) mass is 464 g/mol.